The second-order valence-corrected chi connectivity index (χ2v) is 3.68. The lowest BCUT2D eigenvalue weighted by Gasteiger charge is -2.10. The van der Waals surface area contributed by atoms with Crippen molar-refractivity contribution in [2.45, 2.75) is 6.92 Å². The lowest BCUT2D eigenvalue weighted by molar-refractivity contribution is -0.132. The minimum Gasteiger partial charge on any atom is -0.493 e. The van der Waals surface area contributed by atoms with Gasteiger partial charge in [-0.2, -0.15) is 0 Å². The lowest BCUT2D eigenvalue weighted by Crippen LogP contribution is -2.10. The van der Waals surface area contributed by atoms with Crippen LogP contribution >= 0.6 is 0 Å². The number of nitrogens with one attached hydrogen (secondary N) is 1. The minimum absolute atomic E-state index is 0.192. The highest BCUT2D eigenvalue weighted by Crippen LogP contribution is 2.28. The van der Waals surface area contributed by atoms with Crippen molar-refractivity contribution in [3.05, 3.63) is 36.4 Å². The minimum atomic E-state index is -0.431. The first kappa shape index (κ1) is 12.7. The Balaban J connectivity index is 2.34. The number of benzene rings is 1. The molecule has 1 aromatic heterocycles. The largest absolute Gasteiger partial charge is 0.493 e. The molecule has 1 aromatic carbocycles. The molecule has 7 nitrogen and oxygen atoms in total. The molecule has 0 radical (unpaired) electrons. The van der Waals surface area contributed by atoms with E-state index < -0.39 is 5.97 Å². The van der Waals surface area contributed by atoms with Gasteiger partial charge in [0.05, 0.1) is 7.11 Å². The summed E-state index contributed by atoms with van der Waals surface area (Å²) in [5, 5.41) is 15.3. The maximum absolute atomic E-state index is 10.9. The summed E-state index contributed by atoms with van der Waals surface area (Å²) in [6, 6.07) is 4.85. The van der Waals surface area contributed by atoms with E-state index in [1.807, 2.05) is 0 Å². The number of ether oxygens (including phenoxy) is 2. The quantitative estimate of drug-likeness (QED) is 0.386. The summed E-state index contributed by atoms with van der Waals surface area (Å²) in [4.78, 5) is 10.9. The van der Waals surface area contributed by atoms with Crippen LogP contribution < -0.4 is 9.47 Å². The van der Waals surface area contributed by atoms with Gasteiger partial charge in [0.15, 0.2) is 11.5 Å². The zero-order valence-electron chi connectivity index (χ0n) is 10.5. The molecule has 0 fully saturated rings. The van der Waals surface area contributed by atoms with Gasteiger partial charge in [-0.1, -0.05) is 0 Å². The third-order valence-corrected chi connectivity index (χ3v) is 2.37. The third kappa shape index (κ3) is 2.76. The normalized spacial score (nSPS) is 10.0. The number of hydrogen-bond acceptors (Lipinski definition) is 6. The van der Waals surface area contributed by atoms with Crippen LogP contribution in [0.5, 0.6) is 11.5 Å². The molecule has 2 aromatic rings. The lowest BCUT2D eigenvalue weighted by atomic mass is 10.2. The summed E-state index contributed by atoms with van der Waals surface area (Å²) in [7, 11) is 1.47. The maximum atomic E-state index is 10.9. The van der Waals surface area contributed by atoms with Crippen LogP contribution in [0.4, 0.5) is 0 Å². The first-order chi connectivity index (χ1) is 9.11. The van der Waals surface area contributed by atoms with Gasteiger partial charge in [-0.3, -0.25) is 14.8 Å². The number of aromatic nitrogens is 3. The Morgan fingerprint density at radius 1 is 1.26 bits per heavy atom. The molecule has 0 aliphatic rings. The number of carbonyl (C=O) groups excluding carboxylic acids is 1. The van der Waals surface area contributed by atoms with Crippen molar-refractivity contribution in [3.63, 3.8) is 0 Å². The van der Waals surface area contributed by atoms with Gasteiger partial charge < -0.3 is 9.47 Å². The van der Waals surface area contributed by atoms with E-state index in [4.69, 9.17) is 14.9 Å². The molecule has 98 valence electrons. The van der Waals surface area contributed by atoms with Gasteiger partial charge in [-0.25, -0.2) is 0 Å². The van der Waals surface area contributed by atoms with Crippen LogP contribution in [0.25, 0.3) is 0 Å². The Kier molecular flexibility index (Phi) is 3.56. The SMILES string of the molecule is COc1cc(C(=N)n2cnnc2)ccc1OC(C)=O. The van der Waals surface area contributed by atoms with Crippen molar-refractivity contribution in [1.82, 2.24) is 14.8 Å². The first-order valence-corrected chi connectivity index (χ1v) is 5.42. The molecular formula is C12H12N4O3. The molecule has 0 aliphatic carbocycles. The average Bonchev–Trinajstić information content (AvgIpc) is 2.91. The summed E-state index contributed by atoms with van der Waals surface area (Å²) >= 11 is 0. The molecule has 0 aliphatic heterocycles. The summed E-state index contributed by atoms with van der Waals surface area (Å²) < 4.78 is 11.6. The van der Waals surface area contributed by atoms with Crippen LogP contribution in [0.3, 0.4) is 0 Å². The molecule has 19 heavy (non-hydrogen) atoms. The van der Waals surface area contributed by atoms with Crippen molar-refractivity contribution in [2.24, 2.45) is 0 Å². The van der Waals surface area contributed by atoms with Gasteiger partial charge in [0.2, 0.25) is 0 Å². The average molecular weight is 260 g/mol. The molecule has 7 heteroatoms. The Hall–Kier alpha value is -2.70. The van der Waals surface area contributed by atoms with E-state index in [0.29, 0.717) is 17.1 Å². The van der Waals surface area contributed by atoms with E-state index in [9.17, 15) is 4.79 Å². The van der Waals surface area contributed by atoms with Crippen LogP contribution in [0, 0.1) is 5.41 Å². The van der Waals surface area contributed by atoms with Crippen molar-refractivity contribution < 1.29 is 14.3 Å². The zero-order valence-corrected chi connectivity index (χ0v) is 10.5. The van der Waals surface area contributed by atoms with E-state index in [1.54, 1.807) is 18.2 Å². The van der Waals surface area contributed by atoms with Crippen LogP contribution in [-0.2, 0) is 4.79 Å². The number of carbonyl (C=O) groups is 1. The number of rotatable bonds is 3. The molecule has 0 amide bonds. The van der Waals surface area contributed by atoms with Crippen molar-refractivity contribution >= 4 is 11.8 Å². The van der Waals surface area contributed by atoms with Gasteiger partial charge in [0, 0.05) is 12.5 Å². The Morgan fingerprint density at radius 2 is 1.95 bits per heavy atom. The molecular weight excluding hydrogens is 248 g/mol. The molecule has 0 bridgehead atoms. The second-order valence-electron chi connectivity index (χ2n) is 3.68. The summed E-state index contributed by atoms with van der Waals surface area (Å²) in [5.74, 6) is 0.457. The Morgan fingerprint density at radius 3 is 2.53 bits per heavy atom. The predicted octanol–water partition coefficient (Wildman–Crippen LogP) is 1.09. The van der Waals surface area contributed by atoms with Gasteiger partial charge in [0.1, 0.15) is 18.5 Å². The number of hydrogen-bond donors (Lipinski definition) is 1. The number of esters is 1. The van der Waals surface area contributed by atoms with Crippen molar-refractivity contribution in [2.75, 3.05) is 7.11 Å². The molecule has 0 saturated heterocycles. The van der Waals surface area contributed by atoms with Crippen LogP contribution in [-0.4, -0.2) is 33.7 Å². The van der Waals surface area contributed by atoms with Gasteiger partial charge >= 0.3 is 5.97 Å². The number of nitrogens with zero attached hydrogens (tertiary/aromatic N) is 3. The third-order valence-electron chi connectivity index (χ3n) is 2.37. The molecule has 2 rings (SSSR count). The molecule has 0 saturated carbocycles. The Labute approximate surface area is 109 Å². The van der Waals surface area contributed by atoms with Crippen LogP contribution in [0.15, 0.2) is 30.9 Å². The summed E-state index contributed by atoms with van der Waals surface area (Å²) in [5.41, 5.74) is 0.590. The molecule has 0 spiro atoms. The van der Waals surface area contributed by atoms with E-state index in [2.05, 4.69) is 10.2 Å². The maximum Gasteiger partial charge on any atom is 0.308 e. The first-order valence-electron chi connectivity index (χ1n) is 5.42. The van der Waals surface area contributed by atoms with Gasteiger partial charge in [-0.05, 0) is 18.2 Å². The fourth-order valence-corrected chi connectivity index (χ4v) is 1.52. The summed E-state index contributed by atoms with van der Waals surface area (Å²) in [6.45, 7) is 1.31. The van der Waals surface area contributed by atoms with Crippen LogP contribution in [0.1, 0.15) is 12.5 Å². The number of methoxy groups -OCH3 is 1. The predicted molar refractivity (Wildman–Crippen MR) is 66.6 cm³/mol. The fourth-order valence-electron chi connectivity index (χ4n) is 1.52. The molecule has 0 atom stereocenters. The monoisotopic (exact) mass is 260 g/mol. The van der Waals surface area contributed by atoms with Crippen molar-refractivity contribution in [3.8, 4) is 11.5 Å². The summed E-state index contributed by atoms with van der Waals surface area (Å²) in [6.07, 6.45) is 2.85. The smallest absolute Gasteiger partial charge is 0.308 e. The topological polar surface area (TPSA) is 90.1 Å². The van der Waals surface area contributed by atoms with Gasteiger partial charge in [0.25, 0.3) is 0 Å². The highest BCUT2D eigenvalue weighted by atomic mass is 16.6. The molecule has 1 N–H and O–H groups in total. The van der Waals surface area contributed by atoms with Crippen LogP contribution in [0.2, 0.25) is 0 Å². The van der Waals surface area contributed by atoms with Gasteiger partial charge in [-0.15, -0.1) is 10.2 Å². The van der Waals surface area contributed by atoms with E-state index in [0.717, 1.165) is 0 Å². The molecule has 1 heterocycles. The highest BCUT2D eigenvalue weighted by Gasteiger charge is 2.11. The fraction of sp³-hybridized carbons (Fsp3) is 0.167. The Bertz CT molecular complexity index is 607. The van der Waals surface area contributed by atoms with Crippen molar-refractivity contribution in [1.29, 1.82) is 5.41 Å². The second kappa shape index (κ2) is 5.30. The van der Waals surface area contributed by atoms with E-state index in [1.165, 1.54) is 31.3 Å². The molecule has 0 unspecified atom stereocenters. The zero-order chi connectivity index (χ0) is 13.8. The standard InChI is InChI=1S/C12H12N4O3/c1-8(17)19-10-4-3-9(5-11(10)18-2)12(13)16-6-14-15-7-16/h3-7,13H,1-2H3. The van der Waals surface area contributed by atoms with E-state index in [-0.39, 0.29) is 5.84 Å². The van der Waals surface area contributed by atoms with E-state index >= 15 is 0 Å². The highest BCUT2D eigenvalue weighted by molar-refractivity contribution is 5.98.